The van der Waals surface area contributed by atoms with Gasteiger partial charge < -0.3 is 16.4 Å². The highest BCUT2D eigenvalue weighted by atomic mass is 32.1. The number of hydrogen-bond donors (Lipinski definition) is 3. The van der Waals surface area contributed by atoms with Crippen LogP contribution in [-0.2, 0) is 4.79 Å². The van der Waals surface area contributed by atoms with E-state index in [4.69, 9.17) is 5.73 Å². The number of rotatable bonds is 3. The summed E-state index contributed by atoms with van der Waals surface area (Å²) in [7, 11) is 0. The summed E-state index contributed by atoms with van der Waals surface area (Å²) in [6.07, 6.45) is 1.96. The fraction of sp³-hybridized carbons (Fsp3) is 0.286. The van der Waals surface area contributed by atoms with Crippen molar-refractivity contribution in [2.24, 2.45) is 0 Å². The Labute approximate surface area is 121 Å². The maximum absolute atomic E-state index is 12.0. The SMILES string of the molecule is Nc1nc(-c2ccc(NC(=O)[C@@H]3CCCN3)cc2)cs1. The van der Waals surface area contributed by atoms with Crippen LogP contribution in [0.3, 0.4) is 0 Å². The van der Waals surface area contributed by atoms with Gasteiger partial charge in [-0.05, 0) is 31.5 Å². The van der Waals surface area contributed by atoms with Gasteiger partial charge >= 0.3 is 0 Å². The van der Waals surface area contributed by atoms with Gasteiger partial charge in [-0.3, -0.25) is 4.79 Å². The molecule has 6 heteroatoms. The Morgan fingerprint density at radius 3 is 2.80 bits per heavy atom. The maximum atomic E-state index is 12.0. The van der Waals surface area contributed by atoms with Crippen LogP contribution < -0.4 is 16.4 Å². The molecule has 1 amide bonds. The fourth-order valence-electron chi connectivity index (χ4n) is 2.28. The number of carbonyl (C=O) groups excluding carboxylic acids is 1. The maximum Gasteiger partial charge on any atom is 0.241 e. The standard InChI is InChI=1S/C14H16N4OS/c15-14-18-12(8-20-14)9-3-5-10(6-4-9)17-13(19)11-2-1-7-16-11/h3-6,8,11,16H,1-2,7H2,(H2,15,18)(H,17,19)/t11-/m0/s1. The summed E-state index contributed by atoms with van der Waals surface area (Å²) in [4.78, 5) is 16.2. The van der Waals surface area contributed by atoms with Gasteiger partial charge in [-0.1, -0.05) is 12.1 Å². The molecule has 104 valence electrons. The lowest BCUT2D eigenvalue weighted by molar-refractivity contribution is -0.117. The van der Waals surface area contributed by atoms with Crippen molar-refractivity contribution in [3.05, 3.63) is 29.6 Å². The Kier molecular flexibility index (Phi) is 3.66. The minimum absolute atomic E-state index is 0.0353. The van der Waals surface area contributed by atoms with E-state index in [-0.39, 0.29) is 11.9 Å². The predicted molar refractivity (Wildman–Crippen MR) is 81.6 cm³/mol. The second-order valence-electron chi connectivity index (χ2n) is 4.79. The van der Waals surface area contributed by atoms with Gasteiger partial charge in [-0.2, -0.15) is 0 Å². The summed E-state index contributed by atoms with van der Waals surface area (Å²) in [6.45, 7) is 0.919. The number of amides is 1. The Balaban J connectivity index is 1.68. The van der Waals surface area contributed by atoms with Crippen molar-refractivity contribution >= 4 is 28.1 Å². The van der Waals surface area contributed by atoms with Crippen LogP contribution in [0.1, 0.15) is 12.8 Å². The van der Waals surface area contributed by atoms with Crippen LogP contribution in [0.5, 0.6) is 0 Å². The van der Waals surface area contributed by atoms with Crippen molar-refractivity contribution in [2.75, 3.05) is 17.6 Å². The highest BCUT2D eigenvalue weighted by molar-refractivity contribution is 7.13. The zero-order valence-corrected chi connectivity index (χ0v) is 11.7. The quantitative estimate of drug-likeness (QED) is 0.808. The second-order valence-corrected chi connectivity index (χ2v) is 5.68. The van der Waals surface area contributed by atoms with E-state index in [2.05, 4.69) is 15.6 Å². The highest BCUT2D eigenvalue weighted by Gasteiger charge is 2.21. The molecule has 4 N–H and O–H groups in total. The van der Waals surface area contributed by atoms with Gasteiger partial charge in [0.15, 0.2) is 5.13 Å². The summed E-state index contributed by atoms with van der Waals surface area (Å²) in [5.41, 5.74) is 8.29. The third-order valence-electron chi connectivity index (χ3n) is 3.35. The molecule has 0 saturated carbocycles. The molecular weight excluding hydrogens is 272 g/mol. The molecule has 1 aromatic heterocycles. The van der Waals surface area contributed by atoms with Crippen LogP contribution in [0.25, 0.3) is 11.3 Å². The van der Waals surface area contributed by atoms with Crippen molar-refractivity contribution < 1.29 is 4.79 Å². The molecule has 20 heavy (non-hydrogen) atoms. The fourth-order valence-corrected chi connectivity index (χ4v) is 2.85. The molecule has 0 spiro atoms. The minimum Gasteiger partial charge on any atom is -0.375 e. The average Bonchev–Trinajstić information content (AvgIpc) is 3.10. The molecule has 1 aliphatic rings. The van der Waals surface area contributed by atoms with Gasteiger partial charge in [0, 0.05) is 16.6 Å². The van der Waals surface area contributed by atoms with Gasteiger partial charge in [-0.25, -0.2) is 4.98 Å². The number of nitrogens with one attached hydrogen (secondary N) is 2. The van der Waals surface area contributed by atoms with Crippen LogP contribution in [-0.4, -0.2) is 23.5 Å². The lowest BCUT2D eigenvalue weighted by Crippen LogP contribution is -2.35. The van der Waals surface area contributed by atoms with Crippen LogP contribution >= 0.6 is 11.3 Å². The minimum atomic E-state index is -0.0620. The Morgan fingerprint density at radius 2 is 2.20 bits per heavy atom. The topological polar surface area (TPSA) is 80.0 Å². The molecular formula is C14H16N4OS. The summed E-state index contributed by atoms with van der Waals surface area (Å²) in [5, 5.41) is 8.59. The number of carbonyl (C=O) groups is 1. The van der Waals surface area contributed by atoms with E-state index in [0.29, 0.717) is 5.13 Å². The summed E-state index contributed by atoms with van der Waals surface area (Å²) in [6, 6.07) is 7.58. The van der Waals surface area contributed by atoms with Crippen LogP contribution in [0.15, 0.2) is 29.6 Å². The number of anilines is 2. The molecule has 1 saturated heterocycles. The highest BCUT2D eigenvalue weighted by Crippen LogP contribution is 2.24. The molecule has 0 aliphatic carbocycles. The van der Waals surface area contributed by atoms with Gasteiger partial charge in [0.25, 0.3) is 0 Å². The Hall–Kier alpha value is -1.92. The van der Waals surface area contributed by atoms with Gasteiger partial charge in [0.1, 0.15) is 0 Å². The van der Waals surface area contributed by atoms with Crippen LogP contribution in [0.4, 0.5) is 10.8 Å². The lowest BCUT2D eigenvalue weighted by Gasteiger charge is -2.11. The monoisotopic (exact) mass is 288 g/mol. The van der Waals surface area contributed by atoms with E-state index < -0.39 is 0 Å². The molecule has 5 nitrogen and oxygen atoms in total. The van der Waals surface area contributed by atoms with E-state index in [1.54, 1.807) is 0 Å². The van der Waals surface area contributed by atoms with Crippen LogP contribution in [0, 0.1) is 0 Å². The zero-order valence-electron chi connectivity index (χ0n) is 10.9. The molecule has 1 atom stereocenters. The first-order valence-corrected chi connectivity index (χ1v) is 7.46. The normalized spacial score (nSPS) is 18.1. The molecule has 3 rings (SSSR count). The van der Waals surface area contributed by atoms with Gasteiger partial charge in [-0.15, -0.1) is 11.3 Å². The predicted octanol–water partition coefficient (Wildman–Crippen LogP) is 2.08. The molecule has 0 bridgehead atoms. The van der Waals surface area contributed by atoms with Gasteiger partial charge in [0.05, 0.1) is 11.7 Å². The van der Waals surface area contributed by atoms with E-state index in [1.165, 1.54) is 11.3 Å². The van der Waals surface area contributed by atoms with Crippen molar-refractivity contribution in [2.45, 2.75) is 18.9 Å². The first-order valence-electron chi connectivity index (χ1n) is 6.58. The largest absolute Gasteiger partial charge is 0.375 e. The summed E-state index contributed by atoms with van der Waals surface area (Å²) < 4.78 is 0. The smallest absolute Gasteiger partial charge is 0.241 e. The number of benzene rings is 1. The summed E-state index contributed by atoms with van der Waals surface area (Å²) in [5.74, 6) is 0.0353. The van der Waals surface area contributed by atoms with Crippen molar-refractivity contribution in [3.8, 4) is 11.3 Å². The number of thiazole rings is 1. The van der Waals surface area contributed by atoms with E-state index in [1.807, 2.05) is 29.6 Å². The number of nitrogens with two attached hydrogens (primary N) is 1. The number of nitrogen functional groups attached to an aromatic ring is 1. The van der Waals surface area contributed by atoms with Crippen LogP contribution in [0.2, 0.25) is 0 Å². The average molecular weight is 288 g/mol. The van der Waals surface area contributed by atoms with E-state index in [0.717, 1.165) is 36.3 Å². The molecule has 0 radical (unpaired) electrons. The number of hydrogen-bond acceptors (Lipinski definition) is 5. The van der Waals surface area contributed by atoms with Gasteiger partial charge in [0.2, 0.25) is 5.91 Å². The van der Waals surface area contributed by atoms with Crippen molar-refractivity contribution in [1.29, 1.82) is 0 Å². The third-order valence-corrected chi connectivity index (χ3v) is 4.02. The number of nitrogens with zero attached hydrogens (tertiary/aromatic N) is 1. The zero-order chi connectivity index (χ0) is 13.9. The van der Waals surface area contributed by atoms with E-state index >= 15 is 0 Å². The lowest BCUT2D eigenvalue weighted by atomic mass is 10.1. The summed E-state index contributed by atoms with van der Waals surface area (Å²) >= 11 is 1.42. The molecule has 1 aliphatic heterocycles. The molecule has 1 aromatic carbocycles. The first-order chi connectivity index (χ1) is 9.72. The first kappa shape index (κ1) is 13.1. The third kappa shape index (κ3) is 2.81. The molecule has 1 fully saturated rings. The Morgan fingerprint density at radius 1 is 1.40 bits per heavy atom. The molecule has 2 aromatic rings. The molecule has 0 unspecified atom stereocenters. The van der Waals surface area contributed by atoms with Crippen molar-refractivity contribution in [3.63, 3.8) is 0 Å². The molecule has 2 heterocycles. The van der Waals surface area contributed by atoms with Crippen molar-refractivity contribution in [1.82, 2.24) is 10.3 Å². The van der Waals surface area contributed by atoms with E-state index in [9.17, 15) is 4.79 Å². The second kappa shape index (κ2) is 5.60. The number of aromatic nitrogens is 1. The Bertz CT molecular complexity index is 602.